The third-order valence-electron chi connectivity index (χ3n) is 4.70. The molecule has 6 heteroatoms. The highest BCUT2D eigenvalue weighted by Gasteiger charge is 2.39. The van der Waals surface area contributed by atoms with Gasteiger partial charge in [0.15, 0.2) is 14.9 Å². The number of rotatable bonds is 4. The van der Waals surface area contributed by atoms with Gasteiger partial charge in [-0.2, -0.15) is 0 Å². The predicted molar refractivity (Wildman–Crippen MR) is 93.6 cm³/mol. The van der Waals surface area contributed by atoms with Gasteiger partial charge in [-0.05, 0) is 61.0 Å². The monoisotopic (exact) mass is 338 g/mol. The third kappa shape index (κ3) is 3.98. The van der Waals surface area contributed by atoms with Gasteiger partial charge in [0.05, 0.1) is 5.75 Å². The van der Waals surface area contributed by atoms with Gasteiger partial charge >= 0.3 is 0 Å². The van der Waals surface area contributed by atoms with Crippen LogP contribution in [0.15, 0.2) is 24.3 Å². The highest BCUT2D eigenvalue weighted by molar-refractivity contribution is 7.89. The van der Waals surface area contributed by atoms with Crippen molar-refractivity contribution in [2.75, 3.05) is 11.6 Å². The van der Waals surface area contributed by atoms with Gasteiger partial charge in [0.2, 0.25) is 0 Å². The summed E-state index contributed by atoms with van der Waals surface area (Å²) in [5.74, 6) is 1.74. The number of anilines is 1. The molecule has 0 saturated heterocycles. The van der Waals surface area contributed by atoms with Crippen molar-refractivity contribution in [1.29, 1.82) is 0 Å². The molecule has 0 radical (unpaired) electrons. The fraction of sp³-hybridized carbons (Fsp3) is 0.562. The average Bonchev–Trinajstić information content (AvgIpc) is 3.01. The van der Waals surface area contributed by atoms with Crippen LogP contribution < -0.4 is 10.6 Å². The van der Waals surface area contributed by atoms with E-state index in [4.69, 9.17) is 12.2 Å². The lowest BCUT2D eigenvalue weighted by molar-refractivity contribution is 0.392. The summed E-state index contributed by atoms with van der Waals surface area (Å²) in [7, 11) is -2.99. The molecule has 2 saturated carbocycles. The minimum Gasteiger partial charge on any atom is -0.359 e. The van der Waals surface area contributed by atoms with Crippen molar-refractivity contribution >= 4 is 32.9 Å². The van der Waals surface area contributed by atoms with Crippen LogP contribution in [0.1, 0.15) is 31.2 Å². The molecule has 3 rings (SSSR count). The van der Waals surface area contributed by atoms with Crippen LogP contribution in [0.2, 0.25) is 0 Å². The molecule has 0 aromatic heterocycles. The van der Waals surface area contributed by atoms with Gasteiger partial charge in [-0.25, -0.2) is 8.42 Å². The van der Waals surface area contributed by atoms with Gasteiger partial charge in [0.25, 0.3) is 0 Å². The summed E-state index contributed by atoms with van der Waals surface area (Å²) in [6.45, 7) is 0. The smallest absolute Gasteiger partial charge is 0.171 e. The molecule has 2 aliphatic carbocycles. The third-order valence-corrected chi connectivity index (χ3v) is 5.77. The van der Waals surface area contributed by atoms with Crippen LogP contribution in [0, 0.1) is 11.8 Å². The van der Waals surface area contributed by atoms with E-state index in [1.165, 1.54) is 31.9 Å². The summed E-state index contributed by atoms with van der Waals surface area (Å²) in [6.07, 6.45) is 6.53. The lowest BCUT2D eigenvalue weighted by Gasteiger charge is -2.24. The zero-order chi connectivity index (χ0) is 15.7. The molecule has 2 fully saturated rings. The van der Waals surface area contributed by atoms with E-state index in [1.807, 2.05) is 24.3 Å². The van der Waals surface area contributed by atoms with Crippen LogP contribution in [0.4, 0.5) is 5.69 Å². The Morgan fingerprint density at radius 1 is 1.23 bits per heavy atom. The topological polar surface area (TPSA) is 58.2 Å². The van der Waals surface area contributed by atoms with Crippen molar-refractivity contribution in [3.8, 4) is 0 Å². The van der Waals surface area contributed by atoms with Gasteiger partial charge in [-0.15, -0.1) is 0 Å². The first-order chi connectivity index (χ1) is 10.4. The van der Waals surface area contributed by atoms with Gasteiger partial charge in [-0.3, -0.25) is 0 Å². The molecule has 3 atom stereocenters. The maximum Gasteiger partial charge on any atom is 0.171 e. The number of sulfone groups is 1. The maximum absolute atomic E-state index is 11.3. The second-order valence-corrected chi connectivity index (χ2v) is 9.20. The van der Waals surface area contributed by atoms with Crippen LogP contribution in [-0.4, -0.2) is 25.8 Å². The van der Waals surface area contributed by atoms with E-state index in [9.17, 15) is 8.42 Å². The standard InChI is InChI=1S/C16H22N2O2S2/c1-22(19,20)10-11-3-6-14(7-4-11)17-16(21)18-15-9-12-2-5-13(15)8-12/h3-4,6-7,12-13,15H,2,5,8-10H2,1H3,(H2,17,18,21)/t12-,13-,15+/m0/s1. The van der Waals surface area contributed by atoms with Crippen molar-refractivity contribution in [3.63, 3.8) is 0 Å². The quantitative estimate of drug-likeness (QED) is 0.827. The Balaban J connectivity index is 1.53. The van der Waals surface area contributed by atoms with Gasteiger partial charge in [0.1, 0.15) is 0 Å². The second kappa shape index (κ2) is 6.16. The Morgan fingerprint density at radius 2 is 1.95 bits per heavy atom. The summed E-state index contributed by atoms with van der Waals surface area (Å²) >= 11 is 5.39. The SMILES string of the molecule is CS(=O)(=O)Cc1ccc(NC(=S)N[C@@H]2C[C@H]3CC[C@H]2C3)cc1. The van der Waals surface area contributed by atoms with Crippen LogP contribution in [-0.2, 0) is 15.6 Å². The van der Waals surface area contributed by atoms with Crippen molar-refractivity contribution < 1.29 is 8.42 Å². The summed E-state index contributed by atoms with van der Waals surface area (Å²) < 4.78 is 22.5. The first-order valence-corrected chi connectivity index (χ1v) is 10.2. The fourth-order valence-electron chi connectivity index (χ4n) is 3.74. The van der Waals surface area contributed by atoms with Gasteiger partial charge in [0, 0.05) is 18.0 Å². The second-order valence-electron chi connectivity index (χ2n) is 6.65. The summed E-state index contributed by atoms with van der Waals surface area (Å²) in [4.78, 5) is 0. The molecular weight excluding hydrogens is 316 g/mol. The first-order valence-electron chi connectivity index (χ1n) is 7.73. The first kappa shape index (κ1) is 15.7. The Bertz CT molecular complexity index is 655. The highest BCUT2D eigenvalue weighted by atomic mass is 32.2. The molecule has 0 amide bonds. The molecule has 0 heterocycles. The van der Waals surface area contributed by atoms with Crippen molar-refractivity contribution in [1.82, 2.24) is 5.32 Å². The zero-order valence-corrected chi connectivity index (χ0v) is 14.3. The largest absolute Gasteiger partial charge is 0.359 e. The molecule has 120 valence electrons. The van der Waals surface area contributed by atoms with Gasteiger partial charge < -0.3 is 10.6 Å². The molecule has 22 heavy (non-hydrogen) atoms. The van der Waals surface area contributed by atoms with Crippen molar-refractivity contribution in [2.24, 2.45) is 11.8 Å². The number of hydrogen-bond donors (Lipinski definition) is 2. The molecule has 0 aliphatic heterocycles. The molecular formula is C16H22N2O2S2. The van der Waals surface area contributed by atoms with Crippen molar-refractivity contribution in [2.45, 2.75) is 37.5 Å². The van der Waals surface area contributed by atoms with E-state index in [-0.39, 0.29) is 5.75 Å². The van der Waals surface area contributed by atoms with E-state index >= 15 is 0 Å². The average molecular weight is 338 g/mol. The normalized spacial score (nSPS) is 26.9. The maximum atomic E-state index is 11.3. The van der Waals surface area contributed by atoms with Crippen LogP contribution in [0.3, 0.4) is 0 Å². The van der Waals surface area contributed by atoms with E-state index < -0.39 is 9.84 Å². The minimum absolute atomic E-state index is 0.0706. The molecule has 0 unspecified atom stereocenters. The van der Waals surface area contributed by atoms with E-state index in [2.05, 4.69) is 10.6 Å². The Hall–Kier alpha value is -1.14. The van der Waals surface area contributed by atoms with E-state index in [0.29, 0.717) is 11.2 Å². The molecule has 0 spiro atoms. The number of fused-ring (bicyclic) bond motifs is 2. The zero-order valence-electron chi connectivity index (χ0n) is 12.7. The van der Waals surface area contributed by atoms with Crippen LogP contribution in [0.25, 0.3) is 0 Å². The Kier molecular flexibility index (Phi) is 4.41. The Morgan fingerprint density at radius 3 is 2.50 bits per heavy atom. The van der Waals surface area contributed by atoms with Crippen LogP contribution in [0.5, 0.6) is 0 Å². The number of benzene rings is 1. The molecule has 2 N–H and O–H groups in total. The molecule has 2 aliphatic rings. The van der Waals surface area contributed by atoms with Gasteiger partial charge in [-0.1, -0.05) is 18.6 Å². The summed E-state index contributed by atoms with van der Waals surface area (Å²) in [5, 5.41) is 7.29. The summed E-state index contributed by atoms with van der Waals surface area (Å²) in [6, 6.07) is 7.90. The Labute approximate surface area is 137 Å². The minimum atomic E-state index is -2.99. The predicted octanol–water partition coefficient (Wildman–Crippen LogP) is 2.71. The summed E-state index contributed by atoms with van der Waals surface area (Å²) in [5.41, 5.74) is 1.68. The van der Waals surface area contributed by atoms with E-state index in [1.54, 1.807) is 0 Å². The fourth-order valence-corrected chi connectivity index (χ4v) is 4.81. The molecule has 2 bridgehead atoms. The van der Waals surface area contributed by atoms with Crippen LogP contribution >= 0.6 is 12.2 Å². The highest BCUT2D eigenvalue weighted by Crippen LogP contribution is 2.44. The number of nitrogens with one attached hydrogen (secondary N) is 2. The lowest BCUT2D eigenvalue weighted by Crippen LogP contribution is -2.40. The van der Waals surface area contributed by atoms with E-state index in [0.717, 1.165) is 23.1 Å². The molecule has 4 nitrogen and oxygen atoms in total. The number of hydrogen-bond acceptors (Lipinski definition) is 3. The lowest BCUT2D eigenvalue weighted by atomic mass is 9.96. The van der Waals surface area contributed by atoms with Crippen molar-refractivity contribution in [3.05, 3.63) is 29.8 Å². The molecule has 1 aromatic carbocycles. The number of thiocarbonyl (C=S) groups is 1. The molecule has 1 aromatic rings.